The number of H-pyrrole nitrogens is 1. The van der Waals surface area contributed by atoms with Crippen molar-refractivity contribution in [2.24, 2.45) is 0 Å². The Morgan fingerprint density at radius 3 is 2.46 bits per heavy atom. The molecule has 1 saturated heterocycles. The summed E-state index contributed by atoms with van der Waals surface area (Å²) in [6, 6.07) is 18.2. The Morgan fingerprint density at radius 2 is 1.69 bits per heavy atom. The number of carbonyl (C=O) groups excluding carboxylic acids is 1. The van der Waals surface area contributed by atoms with Crippen LogP contribution in [0, 0.1) is 0 Å². The predicted octanol–water partition coefficient (Wildman–Crippen LogP) is 4.02. The molecule has 4 rings (SSSR count). The van der Waals surface area contributed by atoms with Crippen molar-refractivity contribution in [3.8, 4) is 0 Å². The van der Waals surface area contributed by atoms with Gasteiger partial charge in [0.25, 0.3) is 5.91 Å². The molecule has 0 aliphatic carbocycles. The van der Waals surface area contributed by atoms with E-state index in [0.29, 0.717) is 0 Å². The lowest BCUT2D eigenvalue weighted by Crippen LogP contribution is -2.46. The maximum absolute atomic E-state index is 12.9. The van der Waals surface area contributed by atoms with Crippen LogP contribution in [-0.4, -0.2) is 46.9 Å². The Morgan fingerprint density at radius 1 is 0.923 bits per heavy atom. The number of nitrogens with zero attached hydrogens (tertiary/aromatic N) is 2. The molecule has 134 valence electrons. The van der Waals surface area contributed by atoms with Crippen LogP contribution in [0.5, 0.6) is 0 Å². The van der Waals surface area contributed by atoms with Crippen LogP contribution in [0.1, 0.15) is 15.9 Å². The van der Waals surface area contributed by atoms with Crippen LogP contribution >= 0.6 is 12.4 Å². The third-order valence-corrected chi connectivity index (χ3v) is 4.70. The first kappa shape index (κ1) is 18.1. The Labute approximate surface area is 159 Å². The lowest BCUT2D eigenvalue weighted by Gasteiger charge is -2.34. The number of hydrogen-bond donors (Lipinski definition) is 1. The second kappa shape index (κ2) is 8.11. The molecule has 1 amide bonds. The first-order valence-electron chi connectivity index (χ1n) is 8.64. The fraction of sp³-hybridized carbons (Fsp3) is 0.190. The van der Waals surface area contributed by atoms with Gasteiger partial charge < -0.3 is 14.8 Å². The van der Waals surface area contributed by atoms with E-state index in [4.69, 9.17) is 0 Å². The number of amides is 1. The van der Waals surface area contributed by atoms with Crippen molar-refractivity contribution in [2.75, 3.05) is 26.2 Å². The minimum absolute atomic E-state index is 0. The highest BCUT2D eigenvalue weighted by atomic mass is 35.5. The highest BCUT2D eigenvalue weighted by Gasteiger charge is 2.22. The summed E-state index contributed by atoms with van der Waals surface area (Å²) in [5, 5.41) is 1.08. The molecule has 0 spiro atoms. The Balaban J connectivity index is 0.00000196. The smallest absolute Gasteiger partial charge is 0.256 e. The van der Waals surface area contributed by atoms with Gasteiger partial charge in [-0.2, -0.15) is 0 Å². The maximum atomic E-state index is 12.9. The summed E-state index contributed by atoms with van der Waals surface area (Å²) in [5.74, 6) is 0.111. The summed E-state index contributed by atoms with van der Waals surface area (Å²) in [5.41, 5.74) is 2.88. The first-order valence-corrected chi connectivity index (χ1v) is 8.64. The van der Waals surface area contributed by atoms with Gasteiger partial charge in [-0.3, -0.25) is 4.79 Å². The molecule has 2 aromatic carbocycles. The fourth-order valence-corrected chi connectivity index (χ4v) is 3.26. The predicted molar refractivity (Wildman–Crippen MR) is 108 cm³/mol. The Hall–Kier alpha value is -2.72. The Kier molecular flexibility index (Phi) is 5.64. The topological polar surface area (TPSA) is 39.3 Å². The van der Waals surface area contributed by atoms with Crippen LogP contribution in [-0.2, 0) is 0 Å². The molecular formula is C21H22ClN3O. The minimum atomic E-state index is 0. The Bertz CT molecular complexity index is 896. The quantitative estimate of drug-likeness (QED) is 0.759. The van der Waals surface area contributed by atoms with Crippen molar-refractivity contribution < 1.29 is 4.79 Å². The van der Waals surface area contributed by atoms with Crippen molar-refractivity contribution in [1.29, 1.82) is 0 Å². The van der Waals surface area contributed by atoms with Crippen LogP contribution in [0.2, 0.25) is 0 Å². The van der Waals surface area contributed by atoms with Crippen molar-refractivity contribution >= 4 is 35.3 Å². The lowest BCUT2D eigenvalue weighted by molar-refractivity contribution is 0.0682. The average Bonchev–Trinajstić information content (AvgIpc) is 3.16. The number of benzene rings is 2. The van der Waals surface area contributed by atoms with Gasteiger partial charge in [0.2, 0.25) is 0 Å². The third kappa shape index (κ3) is 3.75. The van der Waals surface area contributed by atoms with Crippen LogP contribution in [0.4, 0.5) is 0 Å². The van der Waals surface area contributed by atoms with Gasteiger partial charge in [-0.15, -0.1) is 12.4 Å². The number of carbonyl (C=O) groups is 1. The van der Waals surface area contributed by atoms with Gasteiger partial charge in [0, 0.05) is 37.8 Å². The fourth-order valence-electron chi connectivity index (χ4n) is 3.26. The lowest BCUT2D eigenvalue weighted by atomic mass is 10.1. The number of piperazine rings is 1. The largest absolute Gasteiger partial charge is 0.374 e. The average molecular weight is 368 g/mol. The number of fused-ring (bicyclic) bond motifs is 1. The molecular weight excluding hydrogens is 346 g/mol. The zero-order chi connectivity index (χ0) is 17.1. The molecule has 5 heteroatoms. The number of rotatable bonds is 3. The zero-order valence-corrected chi connectivity index (χ0v) is 15.3. The molecule has 1 fully saturated rings. The summed E-state index contributed by atoms with van der Waals surface area (Å²) in [6.07, 6.45) is 6.13. The third-order valence-electron chi connectivity index (χ3n) is 4.70. The standard InChI is InChI=1S/C21H21N3O.ClH/c25-21(19-8-4-7-18-9-11-22-20(18)19)24-15-13-23(14-16-24)12-10-17-5-2-1-3-6-17;/h1-12,22H,13-16H2;1H. The van der Waals surface area contributed by atoms with Crippen molar-refractivity contribution in [3.05, 3.63) is 78.1 Å². The SMILES string of the molecule is Cl.O=C(c1cccc2cc[nH]c12)N1CCN(C=Cc2ccccc2)CC1. The maximum Gasteiger partial charge on any atom is 0.256 e. The molecule has 1 aliphatic heterocycles. The van der Waals surface area contributed by atoms with E-state index in [0.717, 1.165) is 42.6 Å². The molecule has 0 bridgehead atoms. The van der Waals surface area contributed by atoms with Crippen LogP contribution < -0.4 is 0 Å². The highest BCUT2D eigenvalue weighted by Crippen LogP contribution is 2.19. The van der Waals surface area contributed by atoms with Crippen LogP contribution in [0.3, 0.4) is 0 Å². The molecule has 0 unspecified atom stereocenters. The zero-order valence-electron chi connectivity index (χ0n) is 14.5. The summed E-state index contributed by atoms with van der Waals surface area (Å²) < 4.78 is 0. The molecule has 4 nitrogen and oxygen atoms in total. The van der Waals surface area contributed by atoms with E-state index in [9.17, 15) is 4.79 Å². The molecule has 0 atom stereocenters. The number of aromatic amines is 1. The molecule has 0 radical (unpaired) electrons. The first-order chi connectivity index (χ1) is 12.3. The van der Waals surface area contributed by atoms with Crippen molar-refractivity contribution in [2.45, 2.75) is 0 Å². The van der Waals surface area contributed by atoms with Crippen LogP contribution in [0.15, 0.2) is 67.0 Å². The number of hydrogen-bond acceptors (Lipinski definition) is 2. The number of nitrogens with one attached hydrogen (secondary N) is 1. The van der Waals surface area contributed by atoms with E-state index in [1.165, 1.54) is 5.56 Å². The van der Waals surface area contributed by atoms with Gasteiger partial charge in [-0.1, -0.05) is 42.5 Å². The van der Waals surface area contributed by atoms with E-state index >= 15 is 0 Å². The summed E-state index contributed by atoms with van der Waals surface area (Å²) in [4.78, 5) is 20.3. The monoisotopic (exact) mass is 367 g/mol. The molecule has 3 aromatic rings. The van der Waals surface area contributed by atoms with E-state index in [2.05, 4.69) is 34.3 Å². The van der Waals surface area contributed by atoms with Crippen molar-refractivity contribution in [3.63, 3.8) is 0 Å². The van der Waals surface area contributed by atoms with Gasteiger partial charge in [0.15, 0.2) is 0 Å². The highest BCUT2D eigenvalue weighted by molar-refractivity contribution is 6.05. The molecule has 2 heterocycles. The number of para-hydroxylation sites is 1. The molecule has 1 aliphatic rings. The van der Waals surface area contributed by atoms with Crippen molar-refractivity contribution in [1.82, 2.24) is 14.8 Å². The second-order valence-electron chi connectivity index (χ2n) is 6.30. The van der Waals surface area contributed by atoms with Gasteiger partial charge in [-0.05, 0) is 30.0 Å². The van der Waals surface area contributed by atoms with Gasteiger partial charge >= 0.3 is 0 Å². The number of aromatic nitrogens is 1. The van der Waals surface area contributed by atoms with E-state index < -0.39 is 0 Å². The molecule has 0 saturated carbocycles. The van der Waals surface area contributed by atoms with E-state index in [1.54, 1.807) is 0 Å². The van der Waals surface area contributed by atoms with Gasteiger partial charge in [0.05, 0.1) is 11.1 Å². The van der Waals surface area contributed by atoms with Gasteiger partial charge in [0.1, 0.15) is 0 Å². The molecule has 26 heavy (non-hydrogen) atoms. The second-order valence-corrected chi connectivity index (χ2v) is 6.30. The van der Waals surface area contributed by atoms with E-state index in [1.807, 2.05) is 53.6 Å². The molecule has 1 N–H and O–H groups in total. The summed E-state index contributed by atoms with van der Waals surface area (Å²) in [7, 11) is 0. The normalized spacial score (nSPS) is 14.6. The minimum Gasteiger partial charge on any atom is -0.374 e. The van der Waals surface area contributed by atoms with Crippen LogP contribution in [0.25, 0.3) is 17.0 Å². The summed E-state index contributed by atoms with van der Waals surface area (Å²) >= 11 is 0. The van der Waals surface area contributed by atoms with E-state index in [-0.39, 0.29) is 18.3 Å². The summed E-state index contributed by atoms with van der Waals surface area (Å²) in [6.45, 7) is 3.20. The van der Waals surface area contributed by atoms with Gasteiger partial charge in [-0.25, -0.2) is 0 Å². The number of halogens is 1. The molecule has 1 aromatic heterocycles.